The lowest BCUT2D eigenvalue weighted by Gasteiger charge is -2.08. The van der Waals surface area contributed by atoms with Crippen molar-refractivity contribution < 1.29 is 27.8 Å². The van der Waals surface area contributed by atoms with E-state index in [2.05, 4.69) is 20.8 Å². The zero-order valence-corrected chi connectivity index (χ0v) is 17.9. The standard InChI is InChI=1S/C19H16F2N4O4S2/c1-28-14-6-3-10(7-15(14)29-2)17(27)23-18-24-25-19(31-18)30-9-16(26)22-13-5-4-11(20)8-12(13)21/h3-8H,9H2,1-2H3,(H,22,26)(H,23,24,27). The van der Waals surface area contributed by atoms with Gasteiger partial charge in [0.15, 0.2) is 15.8 Å². The van der Waals surface area contributed by atoms with E-state index in [1.165, 1.54) is 20.3 Å². The van der Waals surface area contributed by atoms with Crippen molar-refractivity contribution in [3.63, 3.8) is 0 Å². The minimum Gasteiger partial charge on any atom is -0.493 e. The average Bonchev–Trinajstić information content (AvgIpc) is 3.21. The van der Waals surface area contributed by atoms with Gasteiger partial charge >= 0.3 is 0 Å². The molecular formula is C19H16F2N4O4S2. The SMILES string of the molecule is COc1ccc(C(=O)Nc2nnc(SCC(=O)Nc3ccc(F)cc3F)s2)cc1OC. The maximum Gasteiger partial charge on any atom is 0.257 e. The molecule has 0 aliphatic carbocycles. The number of carbonyl (C=O) groups excluding carboxylic acids is 2. The Morgan fingerprint density at radius 2 is 1.81 bits per heavy atom. The summed E-state index contributed by atoms with van der Waals surface area (Å²) in [5.41, 5.74) is 0.217. The van der Waals surface area contributed by atoms with Gasteiger partial charge in [-0.05, 0) is 30.3 Å². The van der Waals surface area contributed by atoms with Crippen LogP contribution in [0.1, 0.15) is 10.4 Å². The van der Waals surface area contributed by atoms with Gasteiger partial charge in [0.1, 0.15) is 11.6 Å². The summed E-state index contributed by atoms with van der Waals surface area (Å²) in [6, 6.07) is 7.58. The number of ether oxygens (including phenoxy) is 2. The van der Waals surface area contributed by atoms with E-state index >= 15 is 0 Å². The third-order valence-corrected chi connectivity index (χ3v) is 5.78. The summed E-state index contributed by atoms with van der Waals surface area (Å²) in [7, 11) is 2.96. The van der Waals surface area contributed by atoms with Crippen LogP contribution in [-0.4, -0.2) is 42.0 Å². The highest BCUT2D eigenvalue weighted by atomic mass is 32.2. The van der Waals surface area contributed by atoms with Crippen molar-refractivity contribution in [2.24, 2.45) is 0 Å². The van der Waals surface area contributed by atoms with Crippen LogP contribution in [0.3, 0.4) is 0 Å². The van der Waals surface area contributed by atoms with Gasteiger partial charge in [-0.25, -0.2) is 8.78 Å². The molecule has 0 aliphatic rings. The smallest absolute Gasteiger partial charge is 0.257 e. The molecule has 0 bridgehead atoms. The number of hydrogen-bond donors (Lipinski definition) is 2. The quantitative estimate of drug-likeness (QED) is 0.384. The lowest BCUT2D eigenvalue weighted by molar-refractivity contribution is -0.113. The Morgan fingerprint density at radius 3 is 2.52 bits per heavy atom. The third-order valence-electron chi connectivity index (χ3n) is 3.80. The molecule has 31 heavy (non-hydrogen) atoms. The van der Waals surface area contributed by atoms with Crippen molar-refractivity contribution in [1.29, 1.82) is 0 Å². The molecule has 0 saturated heterocycles. The Morgan fingerprint density at radius 1 is 1.03 bits per heavy atom. The van der Waals surface area contributed by atoms with E-state index in [1.807, 2.05) is 0 Å². The van der Waals surface area contributed by atoms with Crippen molar-refractivity contribution in [2.75, 3.05) is 30.6 Å². The number of nitrogens with one attached hydrogen (secondary N) is 2. The van der Waals surface area contributed by atoms with E-state index in [-0.39, 0.29) is 16.6 Å². The normalized spacial score (nSPS) is 10.5. The Labute approximate surface area is 184 Å². The van der Waals surface area contributed by atoms with Gasteiger partial charge in [0.2, 0.25) is 11.0 Å². The van der Waals surface area contributed by atoms with Gasteiger partial charge in [0.05, 0.1) is 25.7 Å². The first-order valence-corrected chi connectivity index (χ1v) is 10.4. The highest BCUT2D eigenvalue weighted by molar-refractivity contribution is 8.01. The van der Waals surface area contributed by atoms with Crippen molar-refractivity contribution >= 4 is 45.7 Å². The van der Waals surface area contributed by atoms with Crippen LogP contribution in [0.5, 0.6) is 11.5 Å². The van der Waals surface area contributed by atoms with Crippen LogP contribution < -0.4 is 20.1 Å². The molecule has 1 heterocycles. The first-order chi connectivity index (χ1) is 14.9. The number of methoxy groups -OCH3 is 2. The van der Waals surface area contributed by atoms with E-state index in [4.69, 9.17) is 9.47 Å². The van der Waals surface area contributed by atoms with Gasteiger partial charge in [-0.2, -0.15) is 0 Å². The summed E-state index contributed by atoms with van der Waals surface area (Å²) in [6.45, 7) is 0. The predicted molar refractivity (Wildman–Crippen MR) is 113 cm³/mol. The molecule has 0 fully saturated rings. The number of thioether (sulfide) groups is 1. The zero-order valence-electron chi connectivity index (χ0n) is 16.3. The molecule has 2 amide bonds. The number of hydrogen-bond acceptors (Lipinski definition) is 8. The average molecular weight is 466 g/mol. The molecule has 0 radical (unpaired) electrons. The van der Waals surface area contributed by atoms with Gasteiger partial charge in [0.25, 0.3) is 5.91 Å². The second-order valence-corrected chi connectivity index (χ2v) is 8.06. The Hall–Kier alpha value is -3.25. The van der Waals surface area contributed by atoms with Gasteiger partial charge < -0.3 is 14.8 Å². The van der Waals surface area contributed by atoms with Gasteiger partial charge in [0, 0.05) is 11.6 Å². The molecule has 0 unspecified atom stereocenters. The number of rotatable bonds is 8. The highest BCUT2D eigenvalue weighted by Crippen LogP contribution is 2.29. The molecule has 0 spiro atoms. The van der Waals surface area contributed by atoms with E-state index < -0.39 is 23.4 Å². The minimum atomic E-state index is -0.866. The van der Waals surface area contributed by atoms with Crippen LogP contribution in [0, 0.1) is 11.6 Å². The Bertz CT molecular complexity index is 1110. The summed E-state index contributed by atoms with van der Waals surface area (Å²) in [6.07, 6.45) is 0. The topological polar surface area (TPSA) is 102 Å². The maximum absolute atomic E-state index is 13.6. The Balaban J connectivity index is 1.55. The third kappa shape index (κ3) is 5.89. The molecule has 0 aliphatic heterocycles. The summed E-state index contributed by atoms with van der Waals surface area (Å²) >= 11 is 2.14. The Kier molecular flexibility index (Phi) is 7.36. The summed E-state index contributed by atoms with van der Waals surface area (Å²) in [5.74, 6) is -1.69. The molecule has 3 aromatic rings. The lowest BCUT2D eigenvalue weighted by atomic mass is 10.2. The van der Waals surface area contributed by atoms with Gasteiger partial charge in [-0.1, -0.05) is 23.1 Å². The fourth-order valence-electron chi connectivity index (χ4n) is 2.37. The number of carbonyl (C=O) groups is 2. The monoisotopic (exact) mass is 466 g/mol. The van der Waals surface area contributed by atoms with Crippen molar-refractivity contribution in [3.05, 3.63) is 53.6 Å². The first-order valence-electron chi connectivity index (χ1n) is 8.64. The zero-order chi connectivity index (χ0) is 22.4. The largest absolute Gasteiger partial charge is 0.493 e. The summed E-state index contributed by atoms with van der Waals surface area (Å²) in [4.78, 5) is 24.4. The summed E-state index contributed by atoms with van der Waals surface area (Å²) in [5, 5.41) is 13.0. The highest BCUT2D eigenvalue weighted by Gasteiger charge is 2.15. The first kappa shape index (κ1) is 22.4. The van der Waals surface area contributed by atoms with Crippen LogP contribution in [0.4, 0.5) is 19.6 Å². The fourth-order valence-corrected chi connectivity index (χ4v) is 3.92. The van der Waals surface area contributed by atoms with E-state index in [0.29, 0.717) is 27.5 Å². The van der Waals surface area contributed by atoms with Crippen LogP contribution in [0.15, 0.2) is 40.7 Å². The number of aromatic nitrogens is 2. The number of amides is 2. The maximum atomic E-state index is 13.6. The molecule has 0 saturated carbocycles. The van der Waals surface area contributed by atoms with Gasteiger partial charge in [-0.3, -0.25) is 14.9 Å². The minimum absolute atomic E-state index is 0.0743. The second kappa shape index (κ2) is 10.2. The second-order valence-electron chi connectivity index (χ2n) is 5.86. The van der Waals surface area contributed by atoms with E-state index in [1.54, 1.807) is 12.1 Å². The van der Waals surface area contributed by atoms with Crippen LogP contribution >= 0.6 is 23.1 Å². The molecule has 8 nitrogen and oxygen atoms in total. The lowest BCUT2D eigenvalue weighted by Crippen LogP contribution is -2.15. The predicted octanol–water partition coefficient (Wildman–Crippen LogP) is 3.82. The molecule has 162 valence electrons. The molecule has 2 aromatic carbocycles. The number of benzene rings is 2. The molecule has 1 aromatic heterocycles. The fraction of sp³-hybridized carbons (Fsp3) is 0.158. The molecular weight excluding hydrogens is 450 g/mol. The number of halogens is 2. The van der Waals surface area contributed by atoms with Crippen LogP contribution in [-0.2, 0) is 4.79 Å². The van der Waals surface area contributed by atoms with Gasteiger partial charge in [-0.15, -0.1) is 10.2 Å². The van der Waals surface area contributed by atoms with Crippen LogP contribution in [0.25, 0.3) is 0 Å². The van der Waals surface area contributed by atoms with E-state index in [9.17, 15) is 18.4 Å². The van der Waals surface area contributed by atoms with Crippen molar-refractivity contribution in [1.82, 2.24) is 10.2 Å². The van der Waals surface area contributed by atoms with E-state index in [0.717, 1.165) is 35.2 Å². The molecule has 3 rings (SSSR count). The molecule has 12 heteroatoms. The molecule has 0 atom stereocenters. The van der Waals surface area contributed by atoms with Crippen LogP contribution in [0.2, 0.25) is 0 Å². The number of nitrogens with zero attached hydrogens (tertiary/aromatic N) is 2. The van der Waals surface area contributed by atoms with Crippen molar-refractivity contribution in [2.45, 2.75) is 4.34 Å². The van der Waals surface area contributed by atoms with Crippen molar-refractivity contribution in [3.8, 4) is 11.5 Å². The summed E-state index contributed by atoms with van der Waals surface area (Å²) < 4.78 is 37.3. The number of anilines is 2. The molecule has 2 N–H and O–H groups in total.